The van der Waals surface area contributed by atoms with Gasteiger partial charge >= 0.3 is 11.9 Å². The molecule has 4 nitrogen and oxygen atoms in total. The molecular weight excluding hydrogens is 182 g/mol. The van der Waals surface area contributed by atoms with Crippen LogP contribution < -0.4 is 0 Å². The molecule has 12 heavy (non-hydrogen) atoms. The minimum Gasteiger partial charge on any atom is -0.384 e. The second-order valence-electron chi connectivity index (χ2n) is 2.21. The number of pyridine rings is 1. The van der Waals surface area contributed by atoms with Crippen molar-refractivity contribution < 1.29 is 14.3 Å². The fourth-order valence-corrected chi connectivity index (χ4v) is 1.09. The number of rotatable bonds is 0. The van der Waals surface area contributed by atoms with Crippen molar-refractivity contribution in [2.75, 3.05) is 0 Å². The standard InChI is InChI=1S/C7H2ClNO3/c8-4-2-1-3-5(9-4)7(11)12-6(3)10/h1-2H. The molecule has 0 radical (unpaired) electrons. The largest absolute Gasteiger partial charge is 0.384 e. The molecule has 0 spiro atoms. The lowest BCUT2D eigenvalue weighted by Gasteiger charge is -1.90. The minimum absolute atomic E-state index is 0.00694. The Morgan fingerprint density at radius 1 is 1.25 bits per heavy atom. The number of esters is 2. The van der Waals surface area contributed by atoms with Gasteiger partial charge in [-0.3, -0.25) is 0 Å². The molecule has 0 saturated heterocycles. The summed E-state index contributed by atoms with van der Waals surface area (Å²) in [6.07, 6.45) is 0. The van der Waals surface area contributed by atoms with Crippen molar-refractivity contribution in [3.05, 3.63) is 28.5 Å². The fourth-order valence-electron chi connectivity index (χ4n) is 0.943. The summed E-state index contributed by atoms with van der Waals surface area (Å²) in [5.74, 6) is -1.41. The molecule has 5 heteroatoms. The third-order valence-electron chi connectivity index (χ3n) is 1.46. The molecule has 1 aliphatic heterocycles. The van der Waals surface area contributed by atoms with Gasteiger partial charge in [0.05, 0.1) is 5.56 Å². The lowest BCUT2D eigenvalue weighted by atomic mass is 10.2. The van der Waals surface area contributed by atoms with Gasteiger partial charge in [-0.05, 0) is 12.1 Å². The normalized spacial score (nSPS) is 14.4. The van der Waals surface area contributed by atoms with Crippen LogP contribution in [0.3, 0.4) is 0 Å². The van der Waals surface area contributed by atoms with Gasteiger partial charge in [0.25, 0.3) is 0 Å². The molecule has 0 fully saturated rings. The maximum Gasteiger partial charge on any atom is 0.365 e. The van der Waals surface area contributed by atoms with Crippen molar-refractivity contribution in [1.82, 2.24) is 4.98 Å². The lowest BCUT2D eigenvalue weighted by molar-refractivity contribution is 0.0441. The molecule has 0 saturated carbocycles. The molecule has 0 N–H and O–H groups in total. The average molecular weight is 184 g/mol. The topological polar surface area (TPSA) is 56.3 Å². The maximum atomic E-state index is 10.9. The van der Waals surface area contributed by atoms with E-state index < -0.39 is 11.9 Å². The summed E-state index contributed by atoms with van der Waals surface area (Å²) in [6.45, 7) is 0. The van der Waals surface area contributed by atoms with Gasteiger partial charge in [0.1, 0.15) is 5.15 Å². The summed E-state index contributed by atoms with van der Waals surface area (Å²) in [5.41, 5.74) is 0.164. The number of hydrogen-bond acceptors (Lipinski definition) is 4. The van der Waals surface area contributed by atoms with E-state index in [2.05, 4.69) is 9.72 Å². The number of carbonyl (C=O) groups excluding carboxylic acids is 2. The van der Waals surface area contributed by atoms with E-state index in [4.69, 9.17) is 11.6 Å². The number of halogens is 1. The molecule has 0 aromatic carbocycles. The molecular formula is C7H2ClNO3. The van der Waals surface area contributed by atoms with Crippen LogP contribution >= 0.6 is 11.6 Å². The third kappa shape index (κ3) is 0.887. The van der Waals surface area contributed by atoms with Crippen molar-refractivity contribution in [2.24, 2.45) is 0 Å². The summed E-state index contributed by atoms with van der Waals surface area (Å²) in [5, 5.41) is 0.167. The number of carbonyl (C=O) groups is 2. The highest BCUT2D eigenvalue weighted by atomic mass is 35.5. The summed E-state index contributed by atoms with van der Waals surface area (Å²) in [7, 11) is 0. The molecule has 60 valence electrons. The second-order valence-corrected chi connectivity index (χ2v) is 2.59. The molecule has 0 amide bonds. The number of cyclic esters (lactones) is 2. The van der Waals surface area contributed by atoms with E-state index in [9.17, 15) is 9.59 Å². The van der Waals surface area contributed by atoms with Crippen molar-refractivity contribution in [2.45, 2.75) is 0 Å². The first-order valence-corrected chi connectivity index (χ1v) is 3.49. The summed E-state index contributed by atoms with van der Waals surface area (Å²) in [4.78, 5) is 25.4. The van der Waals surface area contributed by atoms with E-state index in [1.807, 2.05) is 0 Å². The molecule has 1 aromatic heterocycles. The van der Waals surface area contributed by atoms with Gasteiger partial charge in [-0.1, -0.05) is 11.6 Å². The molecule has 0 bridgehead atoms. The third-order valence-corrected chi connectivity index (χ3v) is 1.67. The van der Waals surface area contributed by atoms with E-state index in [1.54, 1.807) is 0 Å². The Hall–Kier alpha value is -1.42. The Morgan fingerprint density at radius 2 is 2.00 bits per heavy atom. The molecule has 2 rings (SSSR count). The minimum atomic E-state index is -0.738. The molecule has 0 aliphatic carbocycles. The first-order chi connectivity index (χ1) is 5.68. The van der Waals surface area contributed by atoms with Crippen LogP contribution in [0, 0.1) is 0 Å². The highest BCUT2D eigenvalue weighted by molar-refractivity contribution is 6.30. The van der Waals surface area contributed by atoms with Crippen molar-refractivity contribution in [3.8, 4) is 0 Å². The SMILES string of the molecule is O=C1OC(=O)c2nc(Cl)ccc21. The summed E-state index contributed by atoms with van der Waals surface area (Å²) in [6, 6.07) is 2.85. The molecule has 1 aromatic rings. The highest BCUT2D eigenvalue weighted by Crippen LogP contribution is 2.19. The first-order valence-electron chi connectivity index (χ1n) is 3.11. The van der Waals surface area contributed by atoms with Crippen LogP contribution in [0.1, 0.15) is 20.8 Å². The molecule has 2 heterocycles. The molecule has 0 unspecified atom stereocenters. The summed E-state index contributed by atoms with van der Waals surface area (Å²) >= 11 is 5.51. The predicted octanol–water partition coefficient (Wildman–Crippen LogP) is 1.05. The van der Waals surface area contributed by atoms with Crippen LogP contribution in [-0.2, 0) is 4.74 Å². The van der Waals surface area contributed by atoms with Gasteiger partial charge in [0, 0.05) is 0 Å². The Morgan fingerprint density at radius 3 is 2.75 bits per heavy atom. The zero-order valence-electron chi connectivity index (χ0n) is 5.70. The van der Waals surface area contributed by atoms with Crippen LogP contribution in [0.15, 0.2) is 12.1 Å². The maximum absolute atomic E-state index is 10.9. The zero-order valence-corrected chi connectivity index (χ0v) is 6.46. The van der Waals surface area contributed by atoms with Gasteiger partial charge < -0.3 is 4.74 Å². The van der Waals surface area contributed by atoms with Crippen molar-refractivity contribution in [1.29, 1.82) is 0 Å². The smallest absolute Gasteiger partial charge is 0.365 e. The van der Waals surface area contributed by atoms with E-state index in [0.29, 0.717) is 0 Å². The number of nitrogens with zero attached hydrogens (tertiary/aromatic N) is 1. The zero-order chi connectivity index (χ0) is 8.72. The van der Waals surface area contributed by atoms with Gasteiger partial charge in [-0.2, -0.15) is 0 Å². The van der Waals surface area contributed by atoms with Crippen molar-refractivity contribution in [3.63, 3.8) is 0 Å². The lowest BCUT2D eigenvalue weighted by Crippen LogP contribution is -1.98. The number of fused-ring (bicyclic) bond motifs is 1. The van der Waals surface area contributed by atoms with Gasteiger partial charge in [0.2, 0.25) is 0 Å². The quantitative estimate of drug-likeness (QED) is 0.343. The highest BCUT2D eigenvalue weighted by Gasteiger charge is 2.31. The van der Waals surface area contributed by atoms with Crippen molar-refractivity contribution >= 4 is 23.5 Å². The van der Waals surface area contributed by atoms with E-state index in [0.717, 1.165) is 0 Å². The fraction of sp³-hybridized carbons (Fsp3) is 0. The number of hydrogen-bond donors (Lipinski definition) is 0. The monoisotopic (exact) mass is 183 g/mol. The van der Waals surface area contributed by atoms with Crippen LogP contribution in [0.5, 0.6) is 0 Å². The van der Waals surface area contributed by atoms with Gasteiger partial charge in [-0.25, -0.2) is 14.6 Å². The number of aromatic nitrogens is 1. The van der Waals surface area contributed by atoms with E-state index in [1.165, 1.54) is 12.1 Å². The second kappa shape index (κ2) is 2.28. The Balaban J connectivity index is 2.68. The van der Waals surface area contributed by atoms with Crippen LogP contribution in [0.2, 0.25) is 5.15 Å². The van der Waals surface area contributed by atoms with Crippen LogP contribution in [-0.4, -0.2) is 16.9 Å². The van der Waals surface area contributed by atoms with E-state index >= 15 is 0 Å². The number of ether oxygens (including phenoxy) is 1. The Kier molecular flexibility index (Phi) is 1.38. The molecule has 0 atom stereocenters. The Labute approximate surface area is 72.1 Å². The first kappa shape index (κ1) is 7.24. The van der Waals surface area contributed by atoms with Gasteiger partial charge in [0.15, 0.2) is 5.69 Å². The molecule has 1 aliphatic rings. The van der Waals surface area contributed by atoms with Crippen LogP contribution in [0.4, 0.5) is 0 Å². The van der Waals surface area contributed by atoms with E-state index in [-0.39, 0.29) is 16.4 Å². The Bertz CT molecular complexity index is 388. The predicted molar refractivity (Wildman–Crippen MR) is 39.0 cm³/mol. The van der Waals surface area contributed by atoms with Crippen LogP contribution in [0.25, 0.3) is 0 Å². The average Bonchev–Trinajstić information content (AvgIpc) is 2.28. The van der Waals surface area contributed by atoms with Gasteiger partial charge in [-0.15, -0.1) is 0 Å². The summed E-state index contributed by atoms with van der Waals surface area (Å²) < 4.78 is 4.29.